The molecule has 0 bridgehead atoms. The average molecular weight is 539 g/mol. The van der Waals surface area contributed by atoms with Crippen LogP contribution in [0.25, 0.3) is 5.57 Å². The Morgan fingerprint density at radius 2 is 1.83 bits per heavy atom. The molecular formula is C25H28F2N2O5S2. The first kappa shape index (κ1) is 25.4. The second kappa shape index (κ2) is 9.59. The van der Waals surface area contributed by atoms with Crippen LogP contribution in [0.15, 0.2) is 40.6 Å². The SMILES string of the molecule is CC1(C)OCC(c2csc(NC(=O)/C(=C/C3C[C@@H](F)[C@@H](F)C3)c3ccc(S(=O)(=O)C4CC4)cc3)n2)O1. The van der Waals surface area contributed by atoms with E-state index in [1.807, 2.05) is 13.8 Å². The molecule has 194 valence electrons. The van der Waals surface area contributed by atoms with E-state index in [0.717, 1.165) is 0 Å². The summed E-state index contributed by atoms with van der Waals surface area (Å²) in [5.74, 6) is -1.66. The van der Waals surface area contributed by atoms with Crippen molar-refractivity contribution in [1.29, 1.82) is 0 Å². The molecule has 2 aliphatic carbocycles. The Labute approximate surface area is 212 Å². The molecule has 2 heterocycles. The minimum absolute atomic E-state index is 0.0116. The molecule has 4 atom stereocenters. The van der Waals surface area contributed by atoms with Crippen molar-refractivity contribution in [2.75, 3.05) is 11.9 Å². The van der Waals surface area contributed by atoms with Crippen LogP contribution in [0.1, 0.15) is 56.9 Å². The summed E-state index contributed by atoms with van der Waals surface area (Å²) < 4.78 is 64.2. The van der Waals surface area contributed by atoms with Crippen LogP contribution in [0.5, 0.6) is 0 Å². The number of hydrogen-bond acceptors (Lipinski definition) is 7. The number of aromatic nitrogens is 1. The Bertz CT molecular complexity index is 1260. The number of thiazole rings is 1. The lowest BCUT2D eigenvalue weighted by molar-refractivity contribution is -0.139. The molecule has 11 heteroatoms. The van der Waals surface area contributed by atoms with Gasteiger partial charge in [0.05, 0.1) is 22.4 Å². The summed E-state index contributed by atoms with van der Waals surface area (Å²) in [7, 11) is -3.38. The summed E-state index contributed by atoms with van der Waals surface area (Å²) in [5, 5.41) is 4.56. The Morgan fingerprint density at radius 3 is 2.42 bits per heavy atom. The van der Waals surface area contributed by atoms with E-state index >= 15 is 0 Å². The second-order valence-electron chi connectivity index (χ2n) is 9.96. The Kier molecular flexibility index (Phi) is 6.78. The fourth-order valence-electron chi connectivity index (χ4n) is 4.53. The third kappa shape index (κ3) is 5.39. The molecule has 2 unspecified atom stereocenters. The number of nitrogens with zero attached hydrogens (tertiary/aromatic N) is 1. The second-order valence-corrected chi connectivity index (χ2v) is 13.0. The first-order valence-electron chi connectivity index (χ1n) is 11.9. The molecule has 1 amide bonds. The highest BCUT2D eigenvalue weighted by atomic mass is 32.2. The van der Waals surface area contributed by atoms with Gasteiger partial charge in [-0.05, 0) is 63.1 Å². The summed E-state index contributed by atoms with van der Waals surface area (Å²) in [6, 6.07) is 6.09. The number of carbonyl (C=O) groups excluding carboxylic acids is 1. The maximum Gasteiger partial charge on any atom is 0.257 e. The lowest BCUT2D eigenvalue weighted by Crippen LogP contribution is -2.19. The van der Waals surface area contributed by atoms with Crippen LogP contribution < -0.4 is 5.32 Å². The molecule has 1 N–H and O–H groups in total. The molecule has 5 rings (SSSR count). The Morgan fingerprint density at radius 1 is 1.17 bits per heavy atom. The zero-order valence-corrected chi connectivity index (χ0v) is 21.6. The summed E-state index contributed by atoms with van der Waals surface area (Å²) in [6.07, 6.45) is -0.623. The summed E-state index contributed by atoms with van der Waals surface area (Å²) in [4.78, 5) is 18.0. The highest BCUT2D eigenvalue weighted by Gasteiger charge is 2.38. The van der Waals surface area contributed by atoms with Crippen LogP contribution in [0, 0.1) is 5.92 Å². The van der Waals surface area contributed by atoms with Crippen LogP contribution in [0.3, 0.4) is 0 Å². The third-order valence-corrected chi connectivity index (χ3v) is 9.69. The number of anilines is 1. The monoisotopic (exact) mass is 538 g/mol. The topological polar surface area (TPSA) is 94.6 Å². The number of alkyl halides is 2. The zero-order chi connectivity index (χ0) is 25.7. The molecule has 7 nitrogen and oxygen atoms in total. The van der Waals surface area contributed by atoms with Gasteiger partial charge in [-0.25, -0.2) is 22.2 Å². The van der Waals surface area contributed by atoms with Gasteiger partial charge in [0.15, 0.2) is 20.8 Å². The number of allylic oxidation sites excluding steroid dienone is 1. The fourth-order valence-corrected chi connectivity index (χ4v) is 6.93. The van der Waals surface area contributed by atoms with Gasteiger partial charge in [0.1, 0.15) is 18.4 Å². The maximum absolute atomic E-state index is 13.8. The highest BCUT2D eigenvalue weighted by molar-refractivity contribution is 7.92. The van der Waals surface area contributed by atoms with Crippen molar-refractivity contribution in [1.82, 2.24) is 4.98 Å². The predicted octanol–water partition coefficient (Wildman–Crippen LogP) is 5.01. The minimum Gasteiger partial charge on any atom is -0.347 e. The van der Waals surface area contributed by atoms with Crippen molar-refractivity contribution in [3.05, 3.63) is 47.0 Å². The molecule has 3 fully saturated rings. The maximum atomic E-state index is 13.8. The van der Waals surface area contributed by atoms with Gasteiger partial charge in [0, 0.05) is 11.0 Å². The van der Waals surface area contributed by atoms with E-state index in [9.17, 15) is 22.0 Å². The van der Waals surface area contributed by atoms with E-state index in [1.54, 1.807) is 23.6 Å². The first-order chi connectivity index (χ1) is 17.0. The van der Waals surface area contributed by atoms with Crippen LogP contribution >= 0.6 is 11.3 Å². The zero-order valence-electron chi connectivity index (χ0n) is 19.9. The van der Waals surface area contributed by atoms with Crippen LogP contribution in [0.2, 0.25) is 0 Å². The summed E-state index contributed by atoms with van der Waals surface area (Å²) in [5.41, 5.74) is 1.32. The van der Waals surface area contributed by atoms with Crippen LogP contribution in [-0.4, -0.2) is 49.3 Å². The smallest absolute Gasteiger partial charge is 0.257 e. The van der Waals surface area contributed by atoms with E-state index in [-0.39, 0.29) is 34.7 Å². The standard InChI is InChI=1S/C25H28F2N2O5S2/c1-25(2)33-12-22(34-25)21-13-35-24(28-21)29-23(30)18(9-14-10-19(26)20(27)11-14)15-3-5-16(6-4-15)36(31,32)17-7-8-17/h3-6,9,13-14,17,19-20,22H,7-8,10-12H2,1-2H3,(H,28,29,30)/b18-9+/t14?,19-,20+,22?. The molecule has 2 aromatic rings. The van der Waals surface area contributed by atoms with Crippen LogP contribution in [0.4, 0.5) is 13.9 Å². The minimum atomic E-state index is -3.38. The lowest BCUT2D eigenvalue weighted by Gasteiger charge is -2.16. The number of amides is 1. The molecule has 2 saturated carbocycles. The number of halogens is 2. The number of carbonyl (C=O) groups is 1. The molecule has 1 aromatic carbocycles. The number of benzene rings is 1. The van der Waals surface area contributed by atoms with E-state index in [0.29, 0.717) is 35.8 Å². The van der Waals surface area contributed by atoms with Crippen LogP contribution in [-0.2, 0) is 24.1 Å². The number of sulfone groups is 1. The van der Waals surface area contributed by atoms with Gasteiger partial charge in [-0.15, -0.1) is 11.3 Å². The molecule has 1 saturated heterocycles. The van der Waals surface area contributed by atoms with Gasteiger partial charge in [0.25, 0.3) is 5.91 Å². The quantitative estimate of drug-likeness (QED) is 0.498. The fraction of sp³-hybridized carbons (Fsp3) is 0.520. The Hall–Kier alpha value is -2.21. The van der Waals surface area contributed by atoms with Crippen molar-refractivity contribution in [3.63, 3.8) is 0 Å². The lowest BCUT2D eigenvalue weighted by atomic mass is 9.98. The number of rotatable bonds is 7. The molecule has 36 heavy (non-hydrogen) atoms. The number of hydrogen-bond donors (Lipinski definition) is 1. The molecule has 0 spiro atoms. The van der Waals surface area contributed by atoms with E-state index in [1.165, 1.54) is 23.5 Å². The molecule has 0 radical (unpaired) electrons. The summed E-state index contributed by atoms with van der Waals surface area (Å²) in [6.45, 7) is 3.97. The third-order valence-electron chi connectivity index (χ3n) is 6.63. The first-order valence-corrected chi connectivity index (χ1v) is 14.4. The normalized spacial score (nSPS) is 28.4. The van der Waals surface area contributed by atoms with Gasteiger partial charge in [-0.3, -0.25) is 10.1 Å². The largest absolute Gasteiger partial charge is 0.347 e. The van der Waals surface area contributed by atoms with E-state index in [4.69, 9.17) is 9.47 Å². The van der Waals surface area contributed by atoms with Crippen molar-refractivity contribution in [2.24, 2.45) is 5.92 Å². The predicted molar refractivity (Wildman–Crippen MR) is 132 cm³/mol. The number of ether oxygens (including phenoxy) is 2. The van der Waals surface area contributed by atoms with Gasteiger partial charge in [-0.1, -0.05) is 18.2 Å². The van der Waals surface area contributed by atoms with Crippen molar-refractivity contribution in [3.8, 4) is 0 Å². The van der Waals surface area contributed by atoms with Gasteiger partial charge >= 0.3 is 0 Å². The average Bonchev–Trinajstić information content (AvgIpc) is 3.39. The molecular weight excluding hydrogens is 510 g/mol. The van der Waals surface area contributed by atoms with Gasteiger partial charge < -0.3 is 9.47 Å². The van der Waals surface area contributed by atoms with E-state index < -0.39 is 39.8 Å². The van der Waals surface area contributed by atoms with Gasteiger partial charge in [-0.2, -0.15) is 0 Å². The molecule has 1 aliphatic heterocycles. The van der Waals surface area contributed by atoms with E-state index in [2.05, 4.69) is 10.3 Å². The molecule has 1 aromatic heterocycles. The van der Waals surface area contributed by atoms with Crippen molar-refractivity contribution >= 4 is 37.8 Å². The molecule has 3 aliphatic rings. The highest BCUT2D eigenvalue weighted by Crippen LogP contribution is 2.37. The summed E-state index contributed by atoms with van der Waals surface area (Å²) >= 11 is 1.23. The van der Waals surface area contributed by atoms with Gasteiger partial charge in [0.2, 0.25) is 0 Å². The Balaban J connectivity index is 1.38. The van der Waals surface area contributed by atoms with Crippen molar-refractivity contribution in [2.45, 2.75) is 73.9 Å². The number of nitrogens with one attached hydrogen (secondary N) is 1. The van der Waals surface area contributed by atoms with Crippen molar-refractivity contribution < 1.29 is 31.5 Å².